The number of para-hydroxylation sites is 1. The second-order valence-electron chi connectivity index (χ2n) is 4.09. The summed E-state index contributed by atoms with van der Waals surface area (Å²) in [5.41, 5.74) is -0.149. The van der Waals surface area contributed by atoms with E-state index in [1.54, 1.807) is 24.3 Å². The summed E-state index contributed by atoms with van der Waals surface area (Å²) in [6.07, 6.45) is 0. The number of fused-ring (bicyclic) bond motifs is 1. The number of H-pyrrole nitrogens is 1. The van der Waals surface area contributed by atoms with Crippen LogP contribution in [-0.4, -0.2) is 9.55 Å². The predicted octanol–water partition coefficient (Wildman–Crippen LogP) is 1.82. The summed E-state index contributed by atoms with van der Waals surface area (Å²) in [5.74, 6) is -0.517. The molecule has 2 aromatic carbocycles. The minimum Gasteiger partial charge on any atom is -0.273 e. The predicted molar refractivity (Wildman–Crippen MR) is 70.1 cm³/mol. The van der Waals surface area contributed by atoms with Crippen molar-refractivity contribution in [2.24, 2.45) is 0 Å². The molecule has 1 heterocycles. The van der Waals surface area contributed by atoms with Gasteiger partial charge in [-0.2, -0.15) is 0 Å². The quantitative estimate of drug-likeness (QED) is 0.722. The van der Waals surface area contributed by atoms with Crippen molar-refractivity contribution in [3.63, 3.8) is 0 Å². The van der Waals surface area contributed by atoms with Crippen LogP contribution in [0.25, 0.3) is 16.6 Å². The Morgan fingerprint density at radius 2 is 1.74 bits per heavy atom. The normalized spacial score (nSPS) is 10.8. The van der Waals surface area contributed by atoms with Crippen molar-refractivity contribution in [3.05, 3.63) is 75.2 Å². The first-order valence-corrected chi connectivity index (χ1v) is 5.67. The van der Waals surface area contributed by atoms with Crippen molar-refractivity contribution < 1.29 is 4.39 Å². The van der Waals surface area contributed by atoms with E-state index in [1.165, 1.54) is 16.7 Å². The molecule has 94 valence electrons. The summed E-state index contributed by atoms with van der Waals surface area (Å²) in [7, 11) is 0. The summed E-state index contributed by atoms with van der Waals surface area (Å²) >= 11 is 0. The van der Waals surface area contributed by atoms with Gasteiger partial charge in [0.15, 0.2) is 0 Å². The first-order chi connectivity index (χ1) is 9.16. The Morgan fingerprint density at radius 3 is 2.47 bits per heavy atom. The van der Waals surface area contributed by atoms with Crippen molar-refractivity contribution in [2.75, 3.05) is 0 Å². The number of nitrogens with one attached hydrogen (secondary N) is 1. The van der Waals surface area contributed by atoms with Crippen LogP contribution in [0.3, 0.4) is 0 Å². The van der Waals surface area contributed by atoms with Crippen molar-refractivity contribution in [1.29, 1.82) is 0 Å². The second-order valence-corrected chi connectivity index (χ2v) is 4.09. The Morgan fingerprint density at radius 1 is 1.00 bits per heavy atom. The standard InChI is InChI=1S/C14H9FN2O2/c15-9-6-7-12-11(8-9)13(18)16-14(19)17(12)10-4-2-1-3-5-10/h1-8H,(H,16,18,19). The third kappa shape index (κ3) is 1.85. The summed E-state index contributed by atoms with van der Waals surface area (Å²) in [4.78, 5) is 25.8. The molecule has 1 N–H and O–H groups in total. The summed E-state index contributed by atoms with van der Waals surface area (Å²) in [6.45, 7) is 0. The minimum absolute atomic E-state index is 0.142. The molecule has 0 atom stereocenters. The Kier molecular flexibility index (Phi) is 2.52. The lowest BCUT2D eigenvalue weighted by Gasteiger charge is -2.09. The van der Waals surface area contributed by atoms with E-state index in [-0.39, 0.29) is 5.39 Å². The van der Waals surface area contributed by atoms with Crippen LogP contribution in [0, 0.1) is 5.82 Å². The molecule has 0 amide bonds. The maximum absolute atomic E-state index is 13.2. The van der Waals surface area contributed by atoms with Crippen molar-refractivity contribution >= 4 is 10.9 Å². The number of aromatic nitrogens is 2. The zero-order valence-electron chi connectivity index (χ0n) is 9.76. The minimum atomic E-state index is -0.591. The van der Waals surface area contributed by atoms with E-state index in [0.717, 1.165) is 6.07 Å². The van der Waals surface area contributed by atoms with E-state index in [0.29, 0.717) is 11.2 Å². The maximum Gasteiger partial charge on any atom is 0.333 e. The molecule has 0 spiro atoms. The molecule has 5 heteroatoms. The topological polar surface area (TPSA) is 54.9 Å². The van der Waals surface area contributed by atoms with E-state index in [1.807, 2.05) is 6.07 Å². The van der Waals surface area contributed by atoms with Crippen molar-refractivity contribution in [2.45, 2.75) is 0 Å². The van der Waals surface area contributed by atoms with Crippen LogP contribution in [-0.2, 0) is 0 Å². The van der Waals surface area contributed by atoms with Gasteiger partial charge in [-0.25, -0.2) is 9.18 Å². The average molecular weight is 256 g/mol. The van der Waals surface area contributed by atoms with Crippen LogP contribution in [0.2, 0.25) is 0 Å². The number of benzene rings is 2. The third-order valence-corrected chi connectivity index (χ3v) is 2.88. The third-order valence-electron chi connectivity index (χ3n) is 2.88. The van der Waals surface area contributed by atoms with Crippen LogP contribution >= 0.6 is 0 Å². The lowest BCUT2D eigenvalue weighted by atomic mass is 10.2. The van der Waals surface area contributed by atoms with Crippen LogP contribution in [0.1, 0.15) is 0 Å². The molecular weight excluding hydrogens is 247 g/mol. The molecule has 0 radical (unpaired) electrons. The molecule has 0 unspecified atom stereocenters. The molecular formula is C14H9FN2O2. The molecule has 0 fully saturated rings. The van der Waals surface area contributed by atoms with Gasteiger partial charge in [-0.05, 0) is 30.3 Å². The molecule has 4 nitrogen and oxygen atoms in total. The molecule has 0 aliphatic rings. The monoisotopic (exact) mass is 256 g/mol. The summed E-state index contributed by atoms with van der Waals surface area (Å²) < 4.78 is 14.6. The second kappa shape index (κ2) is 4.20. The van der Waals surface area contributed by atoms with Gasteiger partial charge < -0.3 is 0 Å². The SMILES string of the molecule is O=c1[nH]c(=O)n(-c2ccccc2)c2ccc(F)cc12. The van der Waals surface area contributed by atoms with Gasteiger partial charge >= 0.3 is 5.69 Å². The highest BCUT2D eigenvalue weighted by Crippen LogP contribution is 2.14. The lowest BCUT2D eigenvalue weighted by Crippen LogP contribution is -2.29. The highest BCUT2D eigenvalue weighted by molar-refractivity contribution is 5.79. The van der Waals surface area contributed by atoms with Crippen LogP contribution in [0.15, 0.2) is 58.1 Å². The molecule has 19 heavy (non-hydrogen) atoms. The van der Waals surface area contributed by atoms with Crippen LogP contribution in [0.4, 0.5) is 4.39 Å². The summed E-state index contributed by atoms with van der Waals surface area (Å²) in [5, 5.41) is 0.142. The fourth-order valence-electron chi connectivity index (χ4n) is 2.05. The molecule has 0 aliphatic carbocycles. The van der Waals surface area contributed by atoms with E-state index >= 15 is 0 Å². The Hall–Kier alpha value is -2.69. The zero-order valence-corrected chi connectivity index (χ0v) is 9.76. The van der Waals surface area contributed by atoms with Gasteiger partial charge in [0.2, 0.25) is 0 Å². The van der Waals surface area contributed by atoms with Crippen LogP contribution < -0.4 is 11.2 Å². The van der Waals surface area contributed by atoms with Gasteiger partial charge in [0.1, 0.15) is 5.82 Å². The van der Waals surface area contributed by atoms with Gasteiger partial charge in [0.25, 0.3) is 5.56 Å². The molecule has 3 rings (SSSR count). The number of aromatic amines is 1. The molecule has 0 saturated heterocycles. The Balaban J connectivity index is 2.49. The van der Waals surface area contributed by atoms with Crippen LogP contribution in [0.5, 0.6) is 0 Å². The van der Waals surface area contributed by atoms with E-state index in [9.17, 15) is 14.0 Å². The lowest BCUT2D eigenvalue weighted by molar-refractivity contribution is 0.629. The molecule has 0 aliphatic heterocycles. The average Bonchev–Trinajstić information content (AvgIpc) is 2.41. The highest BCUT2D eigenvalue weighted by atomic mass is 19.1. The Labute approximate surface area is 106 Å². The van der Waals surface area contributed by atoms with E-state index in [2.05, 4.69) is 4.98 Å². The number of hydrogen-bond donors (Lipinski definition) is 1. The Bertz CT molecular complexity index is 866. The molecule has 3 aromatic rings. The van der Waals surface area contributed by atoms with Crippen molar-refractivity contribution in [1.82, 2.24) is 9.55 Å². The van der Waals surface area contributed by atoms with Crippen molar-refractivity contribution in [3.8, 4) is 5.69 Å². The maximum atomic E-state index is 13.2. The fourth-order valence-corrected chi connectivity index (χ4v) is 2.05. The van der Waals surface area contributed by atoms with Gasteiger partial charge in [-0.15, -0.1) is 0 Å². The number of halogens is 1. The van der Waals surface area contributed by atoms with Gasteiger partial charge in [-0.1, -0.05) is 18.2 Å². The number of nitrogens with zero attached hydrogens (tertiary/aromatic N) is 1. The van der Waals surface area contributed by atoms with Gasteiger partial charge in [-0.3, -0.25) is 14.3 Å². The van der Waals surface area contributed by atoms with E-state index < -0.39 is 17.1 Å². The molecule has 1 aromatic heterocycles. The van der Waals surface area contributed by atoms with E-state index in [4.69, 9.17) is 0 Å². The first-order valence-electron chi connectivity index (χ1n) is 5.67. The summed E-state index contributed by atoms with van der Waals surface area (Å²) in [6, 6.07) is 12.6. The first kappa shape index (κ1) is 11.4. The highest BCUT2D eigenvalue weighted by Gasteiger charge is 2.09. The number of rotatable bonds is 1. The smallest absolute Gasteiger partial charge is 0.273 e. The zero-order chi connectivity index (χ0) is 13.4. The number of hydrogen-bond acceptors (Lipinski definition) is 2. The van der Waals surface area contributed by atoms with Gasteiger partial charge in [0.05, 0.1) is 16.6 Å². The molecule has 0 bridgehead atoms. The van der Waals surface area contributed by atoms with Gasteiger partial charge in [0, 0.05) is 0 Å². The fraction of sp³-hybridized carbons (Fsp3) is 0. The molecule has 0 saturated carbocycles. The largest absolute Gasteiger partial charge is 0.333 e.